The second-order valence-corrected chi connectivity index (χ2v) is 7.88. The molecule has 0 aromatic carbocycles. The molecule has 6 nitrogen and oxygen atoms in total. The fourth-order valence-corrected chi connectivity index (χ4v) is 4.29. The van der Waals surface area contributed by atoms with Gasteiger partial charge in [0.2, 0.25) is 0 Å². The van der Waals surface area contributed by atoms with Gasteiger partial charge in [0.1, 0.15) is 0 Å². The number of aliphatic hydroxyl groups is 1. The van der Waals surface area contributed by atoms with E-state index in [4.69, 9.17) is 0 Å². The summed E-state index contributed by atoms with van der Waals surface area (Å²) in [6.45, 7) is 5.80. The minimum atomic E-state index is 0.0156. The third-order valence-electron chi connectivity index (χ3n) is 6.10. The maximum atomic E-state index is 12.6. The van der Waals surface area contributed by atoms with Crippen molar-refractivity contribution in [1.29, 1.82) is 0 Å². The molecule has 3 rings (SSSR count). The number of carbonyl (C=O) groups is 1. The number of hydrogen-bond donors (Lipinski definition) is 2. The van der Waals surface area contributed by atoms with E-state index in [0.29, 0.717) is 12.6 Å². The average molecular weight is 338 g/mol. The molecule has 0 aromatic heterocycles. The predicted octanol–water partition coefficient (Wildman–Crippen LogP) is 1.10. The molecule has 0 spiro atoms. The molecule has 6 heteroatoms. The number of likely N-dealkylation sites (tertiary alicyclic amines) is 2. The third-order valence-corrected chi connectivity index (χ3v) is 6.10. The standard InChI is InChI=1S/C18H34N4O2/c1-20-11-7-18(8-12-20,21-9-3-2-4-10-21)15-19-17(24)22(13-14-23)16-5-6-16/h16,23H,2-15H2,1H3,(H,19,24). The van der Waals surface area contributed by atoms with E-state index in [2.05, 4.69) is 22.2 Å². The van der Waals surface area contributed by atoms with Gasteiger partial charge in [-0.05, 0) is 71.8 Å². The number of urea groups is 1. The molecule has 0 atom stereocenters. The second-order valence-electron chi connectivity index (χ2n) is 7.88. The van der Waals surface area contributed by atoms with Crippen molar-refractivity contribution in [3.05, 3.63) is 0 Å². The van der Waals surface area contributed by atoms with Crippen LogP contribution >= 0.6 is 0 Å². The summed E-state index contributed by atoms with van der Waals surface area (Å²) >= 11 is 0. The lowest BCUT2D eigenvalue weighted by Crippen LogP contribution is -2.62. The summed E-state index contributed by atoms with van der Waals surface area (Å²) in [7, 11) is 2.19. The minimum Gasteiger partial charge on any atom is -0.395 e. The predicted molar refractivity (Wildman–Crippen MR) is 95.1 cm³/mol. The summed E-state index contributed by atoms with van der Waals surface area (Å²) in [5.41, 5.74) is 0.122. The van der Waals surface area contributed by atoms with Gasteiger partial charge in [-0.2, -0.15) is 0 Å². The van der Waals surface area contributed by atoms with Crippen LogP contribution in [0.2, 0.25) is 0 Å². The molecule has 3 aliphatic rings. The van der Waals surface area contributed by atoms with Crippen LogP contribution in [0, 0.1) is 0 Å². The first-order valence-electron chi connectivity index (χ1n) is 9.73. The molecule has 0 unspecified atom stereocenters. The van der Waals surface area contributed by atoms with Crippen molar-refractivity contribution in [3.8, 4) is 0 Å². The SMILES string of the molecule is CN1CCC(CNC(=O)N(CCO)C2CC2)(N2CCCCC2)CC1. The summed E-state index contributed by atoms with van der Waals surface area (Å²) < 4.78 is 0. The van der Waals surface area contributed by atoms with Crippen molar-refractivity contribution in [1.82, 2.24) is 20.0 Å². The highest BCUT2D eigenvalue weighted by atomic mass is 16.3. The number of aliphatic hydroxyl groups excluding tert-OH is 1. The molecule has 2 aliphatic heterocycles. The Morgan fingerprint density at radius 3 is 2.42 bits per heavy atom. The first kappa shape index (κ1) is 18.0. The molecule has 2 amide bonds. The van der Waals surface area contributed by atoms with E-state index >= 15 is 0 Å². The Morgan fingerprint density at radius 2 is 1.83 bits per heavy atom. The third kappa shape index (κ3) is 4.21. The van der Waals surface area contributed by atoms with Crippen molar-refractivity contribution in [2.24, 2.45) is 0 Å². The molecular weight excluding hydrogens is 304 g/mol. The van der Waals surface area contributed by atoms with Crippen molar-refractivity contribution in [2.75, 3.05) is 52.9 Å². The zero-order valence-corrected chi connectivity index (χ0v) is 15.2. The van der Waals surface area contributed by atoms with Gasteiger partial charge in [0, 0.05) is 24.7 Å². The Morgan fingerprint density at radius 1 is 1.17 bits per heavy atom. The number of carbonyl (C=O) groups excluding carboxylic acids is 1. The summed E-state index contributed by atoms with van der Waals surface area (Å²) in [6, 6.07) is 0.363. The van der Waals surface area contributed by atoms with Gasteiger partial charge in [0.15, 0.2) is 0 Å². The molecule has 2 saturated heterocycles. The minimum absolute atomic E-state index is 0.0156. The van der Waals surface area contributed by atoms with Gasteiger partial charge in [-0.1, -0.05) is 6.42 Å². The summed E-state index contributed by atoms with van der Waals surface area (Å²) in [6.07, 6.45) is 8.32. The molecular formula is C18H34N4O2. The first-order valence-corrected chi connectivity index (χ1v) is 9.73. The lowest BCUT2D eigenvalue weighted by molar-refractivity contribution is 0.0152. The van der Waals surface area contributed by atoms with Crippen LogP contribution in [-0.4, -0.2) is 90.3 Å². The molecule has 0 bridgehead atoms. The summed E-state index contributed by atoms with van der Waals surface area (Å²) in [4.78, 5) is 19.5. The van der Waals surface area contributed by atoms with Gasteiger partial charge in [-0.15, -0.1) is 0 Å². The lowest BCUT2D eigenvalue weighted by atomic mass is 9.84. The highest BCUT2D eigenvalue weighted by molar-refractivity contribution is 5.75. The first-order chi connectivity index (χ1) is 11.6. The van der Waals surface area contributed by atoms with Crippen molar-refractivity contribution < 1.29 is 9.90 Å². The molecule has 138 valence electrons. The summed E-state index contributed by atoms with van der Waals surface area (Å²) in [5.74, 6) is 0. The fraction of sp³-hybridized carbons (Fsp3) is 0.944. The Hall–Kier alpha value is -0.850. The molecule has 2 heterocycles. The van der Waals surface area contributed by atoms with Crippen molar-refractivity contribution in [2.45, 2.75) is 56.5 Å². The van der Waals surface area contributed by atoms with Crippen LogP contribution in [0.5, 0.6) is 0 Å². The van der Waals surface area contributed by atoms with E-state index in [1.54, 1.807) is 0 Å². The Bertz CT molecular complexity index is 413. The summed E-state index contributed by atoms with van der Waals surface area (Å²) in [5, 5.41) is 12.5. The maximum Gasteiger partial charge on any atom is 0.317 e. The van der Waals surface area contributed by atoms with Crippen LogP contribution in [0.15, 0.2) is 0 Å². The molecule has 0 radical (unpaired) electrons. The van der Waals surface area contributed by atoms with Crippen LogP contribution in [0.3, 0.4) is 0 Å². The van der Waals surface area contributed by atoms with Gasteiger partial charge in [-0.3, -0.25) is 4.90 Å². The zero-order chi connectivity index (χ0) is 17.0. The fourth-order valence-electron chi connectivity index (χ4n) is 4.29. The van der Waals surface area contributed by atoms with Gasteiger partial charge >= 0.3 is 6.03 Å². The van der Waals surface area contributed by atoms with E-state index in [0.717, 1.165) is 45.3 Å². The molecule has 2 N–H and O–H groups in total. The second kappa shape index (κ2) is 8.02. The largest absolute Gasteiger partial charge is 0.395 e. The Balaban J connectivity index is 1.61. The van der Waals surface area contributed by atoms with Crippen LogP contribution in [0.25, 0.3) is 0 Å². The lowest BCUT2D eigenvalue weighted by Gasteiger charge is -2.50. The average Bonchev–Trinajstić information content (AvgIpc) is 3.45. The number of nitrogens with one attached hydrogen (secondary N) is 1. The zero-order valence-electron chi connectivity index (χ0n) is 15.2. The molecule has 3 fully saturated rings. The number of rotatable bonds is 6. The highest BCUT2D eigenvalue weighted by Gasteiger charge is 2.40. The smallest absolute Gasteiger partial charge is 0.317 e. The van der Waals surface area contributed by atoms with E-state index in [1.807, 2.05) is 4.90 Å². The van der Waals surface area contributed by atoms with Crippen LogP contribution in [0.4, 0.5) is 4.79 Å². The highest BCUT2D eigenvalue weighted by Crippen LogP contribution is 2.31. The van der Waals surface area contributed by atoms with Crippen molar-refractivity contribution in [3.63, 3.8) is 0 Å². The van der Waals surface area contributed by atoms with E-state index in [1.165, 1.54) is 32.4 Å². The van der Waals surface area contributed by atoms with Gasteiger partial charge < -0.3 is 20.2 Å². The van der Waals surface area contributed by atoms with Gasteiger partial charge in [0.05, 0.1) is 6.61 Å². The number of piperidine rings is 2. The molecule has 24 heavy (non-hydrogen) atoms. The van der Waals surface area contributed by atoms with E-state index in [-0.39, 0.29) is 18.2 Å². The quantitative estimate of drug-likeness (QED) is 0.761. The topological polar surface area (TPSA) is 59.1 Å². The van der Waals surface area contributed by atoms with E-state index < -0.39 is 0 Å². The molecule has 0 aromatic rings. The Kier molecular flexibility index (Phi) is 6.00. The van der Waals surface area contributed by atoms with Crippen LogP contribution in [0.1, 0.15) is 44.9 Å². The number of amides is 2. The van der Waals surface area contributed by atoms with Crippen molar-refractivity contribution >= 4 is 6.03 Å². The monoisotopic (exact) mass is 338 g/mol. The van der Waals surface area contributed by atoms with Crippen LogP contribution < -0.4 is 5.32 Å². The normalized spacial score (nSPS) is 25.4. The van der Waals surface area contributed by atoms with Gasteiger partial charge in [0.25, 0.3) is 0 Å². The Labute approximate surface area is 146 Å². The molecule has 1 saturated carbocycles. The maximum absolute atomic E-state index is 12.6. The van der Waals surface area contributed by atoms with E-state index in [9.17, 15) is 9.90 Å². The van der Waals surface area contributed by atoms with Crippen LogP contribution in [-0.2, 0) is 0 Å². The van der Waals surface area contributed by atoms with Gasteiger partial charge in [-0.25, -0.2) is 4.79 Å². The number of hydrogen-bond acceptors (Lipinski definition) is 4. The number of nitrogens with zero attached hydrogens (tertiary/aromatic N) is 3. The molecule has 1 aliphatic carbocycles.